The number of nitrogens with one attached hydrogen (secondary N) is 2. The van der Waals surface area contributed by atoms with E-state index in [0.29, 0.717) is 35.4 Å². The lowest BCUT2D eigenvalue weighted by Crippen LogP contribution is -2.52. The summed E-state index contributed by atoms with van der Waals surface area (Å²) in [7, 11) is 0. The highest BCUT2D eigenvalue weighted by molar-refractivity contribution is 6.05. The zero-order valence-corrected chi connectivity index (χ0v) is 22.6. The number of carbonyl (C=O) groups is 3. The fourth-order valence-corrected chi connectivity index (χ4v) is 7.34. The number of carbonyl (C=O) groups excluding carboxylic acids is 3. The van der Waals surface area contributed by atoms with E-state index in [1.54, 1.807) is 11.0 Å². The van der Waals surface area contributed by atoms with E-state index in [2.05, 4.69) is 43.2 Å². The topological polar surface area (TPSA) is 78.5 Å². The minimum absolute atomic E-state index is 0.148. The molecule has 0 radical (unpaired) electrons. The number of hydrogen-bond donors (Lipinski definition) is 2. The van der Waals surface area contributed by atoms with E-state index in [1.165, 1.54) is 38.5 Å². The molecule has 1 unspecified atom stereocenters. The Kier molecular flexibility index (Phi) is 7.20. The number of hydrogen-bond acceptors (Lipinski definition) is 4. The van der Waals surface area contributed by atoms with Crippen LogP contribution in [0.1, 0.15) is 106 Å². The van der Waals surface area contributed by atoms with Crippen LogP contribution in [0, 0.1) is 28.6 Å². The molecule has 4 aliphatic rings. The van der Waals surface area contributed by atoms with Crippen molar-refractivity contribution < 1.29 is 14.4 Å². The quantitative estimate of drug-likeness (QED) is 0.310. The zero-order valence-electron chi connectivity index (χ0n) is 22.6. The molecule has 3 fully saturated rings. The molecule has 4 atom stereocenters. The highest BCUT2D eigenvalue weighted by atomic mass is 16.2. The average molecular weight is 504 g/mol. The van der Waals surface area contributed by atoms with Crippen LogP contribution in [0.25, 0.3) is 0 Å². The summed E-state index contributed by atoms with van der Waals surface area (Å²) in [5.41, 5.74) is 3.31. The molecular formula is C31H41N3O3. The lowest BCUT2D eigenvalue weighted by Gasteiger charge is -2.39. The second kappa shape index (κ2) is 10.3. The van der Waals surface area contributed by atoms with Gasteiger partial charge in [0.05, 0.1) is 0 Å². The SMILES string of the molecule is CC1(C)[C@@H]2CC[C@@]1(C)[C@@H](NCCCCCCC#Cc1cccc3c1CN(C1CCC(=O)NC1=O)C3=O)C2. The Morgan fingerprint density at radius 3 is 2.62 bits per heavy atom. The van der Waals surface area contributed by atoms with Gasteiger partial charge in [-0.2, -0.15) is 0 Å². The summed E-state index contributed by atoms with van der Waals surface area (Å²) in [4.78, 5) is 38.3. The number of benzene rings is 1. The van der Waals surface area contributed by atoms with Gasteiger partial charge in [-0.3, -0.25) is 19.7 Å². The van der Waals surface area contributed by atoms with Crippen LogP contribution in [0.3, 0.4) is 0 Å². The van der Waals surface area contributed by atoms with Gasteiger partial charge in [-0.1, -0.05) is 51.5 Å². The van der Waals surface area contributed by atoms with E-state index >= 15 is 0 Å². The number of imide groups is 1. The first-order chi connectivity index (χ1) is 17.7. The molecular weight excluding hydrogens is 462 g/mol. The standard InChI is InChI=1S/C31H41N3O3/c1-30(2)22-16-17-31(30,3)26(19-22)32-18-9-7-5-4-6-8-11-21-12-10-13-23-24(21)20-34(29(23)37)25-14-15-27(35)33-28(25)36/h10,12-13,22,25-26,32H,4-7,9,14-20H2,1-3H3,(H,33,35,36)/t22-,25?,26+,31+/m1/s1. The maximum absolute atomic E-state index is 13.0. The Balaban J connectivity index is 1.05. The van der Waals surface area contributed by atoms with E-state index in [1.807, 2.05) is 12.1 Å². The van der Waals surface area contributed by atoms with Gasteiger partial charge in [0, 0.05) is 36.6 Å². The largest absolute Gasteiger partial charge is 0.322 e. The molecule has 0 spiro atoms. The Hall–Kier alpha value is -2.65. The first kappa shape index (κ1) is 26.0. The number of unbranched alkanes of at least 4 members (excludes halogenated alkanes) is 4. The van der Waals surface area contributed by atoms with E-state index in [4.69, 9.17) is 0 Å². The van der Waals surface area contributed by atoms with Crippen LogP contribution in [-0.4, -0.2) is 41.2 Å². The van der Waals surface area contributed by atoms with E-state index in [0.717, 1.165) is 36.4 Å². The molecule has 2 saturated carbocycles. The molecule has 2 aliphatic carbocycles. The van der Waals surface area contributed by atoms with Crippen molar-refractivity contribution in [1.82, 2.24) is 15.5 Å². The smallest absolute Gasteiger partial charge is 0.255 e. The minimum atomic E-state index is -0.592. The molecule has 37 heavy (non-hydrogen) atoms. The van der Waals surface area contributed by atoms with Crippen molar-refractivity contribution in [2.75, 3.05) is 6.54 Å². The number of fused-ring (bicyclic) bond motifs is 3. The van der Waals surface area contributed by atoms with Crippen LogP contribution < -0.4 is 10.6 Å². The van der Waals surface area contributed by atoms with Crippen LogP contribution in [-0.2, 0) is 16.1 Å². The van der Waals surface area contributed by atoms with E-state index in [9.17, 15) is 14.4 Å². The van der Waals surface area contributed by atoms with Crippen molar-refractivity contribution >= 4 is 17.7 Å². The van der Waals surface area contributed by atoms with Crippen LogP contribution in [0.15, 0.2) is 18.2 Å². The summed E-state index contributed by atoms with van der Waals surface area (Å²) in [6.07, 6.45) is 10.3. The first-order valence-corrected chi connectivity index (χ1v) is 14.2. The van der Waals surface area contributed by atoms with Crippen molar-refractivity contribution in [3.05, 3.63) is 34.9 Å². The Bertz CT molecular complexity index is 1150. The van der Waals surface area contributed by atoms with Crippen LogP contribution in [0.4, 0.5) is 0 Å². The van der Waals surface area contributed by atoms with E-state index in [-0.39, 0.29) is 24.1 Å². The summed E-state index contributed by atoms with van der Waals surface area (Å²) in [6, 6.07) is 5.71. The highest BCUT2D eigenvalue weighted by Crippen LogP contribution is 2.65. The molecule has 5 rings (SSSR count). The van der Waals surface area contributed by atoms with Crippen molar-refractivity contribution in [1.29, 1.82) is 0 Å². The maximum atomic E-state index is 13.0. The normalized spacial score (nSPS) is 29.8. The number of piperidine rings is 1. The fraction of sp³-hybridized carbons (Fsp3) is 0.645. The fourth-order valence-electron chi connectivity index (χ4n) is 7.34. The predicted molar refractivity (Wildman–Crippen MR) is 143 cm³/mol. The van der Waals surface area contributed by atoms with Gasteiger partial charge >= 0.3 is 0 Å². The second-order valence-corrected chi connectivity index (χ2v) is 12.3. The molecule has 1 saturated heterocycles. The van der Waals surface area contributed by atoms with Crippen molar-refractivity contribution in [2.45, 2.75) is 104 Å². The lowest BCUT2D eigenvalue weighted by molar-refractivity contribution is -0.136. The maximum Gasteiger partial charge on any atom is 0.255 e. The van der Waals surface area contributed by atoms with E-state index < -0.39 is 6.04 Å². The second-order valence-electron chi connectivity index (χ2n) is 12.3. The average Bonchev–Trinajstić information content (AvgIpc) is 3.38. The first-order valence-electron chi connectivity index (χ1n) is 14.2. The molecule has 2 N–H and O–H groups in total. The van der Waals surface area contributed by atoms with Gasteiger partial charge in [0.2, 0.25) is 11.8 Å². The van der Waals surface area contributed by atoms with Gasteiger partial charge in [0.1, 0.15) is 6.04 Å². The summed E-state index contributed by atoms with van der Waals surface area (Å²) in [5, 5.41) is 6.25. The third kappa shape index (κ3) is 4.72. The lowest BCUT2D eigenvalue weighted by atomic mass is 9.69. The molecule has 2 heterocycles. The molecule has 0 aromatic heterocycles. The number of rotatable bonds is 8. The Morgan fingerprint density at radius 1 is 1.08 bits per heavy atom. The molecule has 3 amide bonds. The summed E-state index contributed by atoms with van der Waals surface area (Å²) in [6.45, 7) is 8.94. The van der Waals surface area contributed by atoms with Gasteiger partial charge < -0.3 is 10.2 Å². The third-order valence-electron chi connectivity index (χ3n) is 10.2. The minimum Gasteiger partial charge on any atom is -0.322 e. The highest BCUT2D eigenvalue weighted by Gasteiger charge is 2.60. The summed E-state index contributed by atoms with van der Waals surface area (Å²) < 4.78 is 0. The Labute approximate surface area is 221 Å². The molecule has 198 valence electrons. The van der Waals surface area contributed by atoms with Crippen LogP contribution >= 0.6 is 0 Å². The zero-order chi connectivity index (χ0) is 26.2. The van der Waals surface area contributed by atoms with Gasteiger partial charge in [0.25, 0.3) is 5.91 Å². The van der Waals surface area contributed by atoms with Crippen LogP contribution in [0.5, 0.6) is 0 Å². The number of amides is 3. The monoisotopic (exact) mass is 503 g/mol. The Morgan fingerprint density at radius 2 is 1.89 bits per heavy atom. The van der Waals surface area contributed by atoms with Crippen molar-refractivity contribution in [3.8, 4) is 11.8 Å². The van der Waals surface area contributed by atoms with Gasteiger partial charge in [-0.05, 0) is 79.5 Å². The molecule has 6 nitrogen and oxygen atoms in total. The van der Waals surface area contributed by atoms with Gasteiger partial charge in [-0.15, -0.1) is 0 Å². The van der Waals surface area contributed by atoms with Gasteiger partial charge in [-0.25, -0.2) is 0 Å². The third-order valence-corrected chi connectivity index (χ3v) is 10.2. The summed E-state index contributed by atoms with van der Waals surface area (Å²) in [5.74, 6) is 6.67. The van der Waals surface area contributed by atoms with Gasteiger partial charge in [0.15, 0.2) is 0 Å². The number of nitrogens with zero attached hydrogens (tertiary/aromatic N) is 1. The molecule has 1 aromatic rings. The van der Waals surface area contributed by atoms with Crippen molar-refractivity contribution in [3.63, 3.8) is 0 Å². The van der Waals surface area contributed by atoms with Crippen LogP contribution in [0.2, 0.25) is 0 Å². The summed E-state index contributed by atoms with van der Waals surface area (Å²) >= 11 is 0. The molecule has 6 heteroatoms. The molecule has 1 aromatic carbocycles. The van der Waals surface area contributed by atoms with Crippen molar-refractivity contribution in [2.24, 2.45) is 16.7 Å². The molecule has 2 aliphatic heterocycles. The molecule has 2 bridgehead atoms. The predicted octanol–water partition coefficient (Wildman–Crippen LogP) is 4.55.